The number of anilines is 1. The molecular formula is C19H27N5O. The van der Waals surface area contributed by atoms with Crippen LogP contribution in [0.25, 0.3) is 0 Å². The number of aryl methyl sites for hydroxylation is 2. The Morgan fingerprint density at radius 1 is 1.36 bits per heavy atom. The van der Waals surface area contributed by atoms with Gasteiger partial charge in [-0.3, -0.25) is 9.89 Å². The summed E-state index contributed by atoms with van der Waals surface area (Å²) in [5, 5.41) is 10.3. The van der Waals surface area contributed by atoms with Gasteiger partial charge in [-0.2, -0.15) is 5.10 Å². The lowest BCUT2D eigenvalue weighted by molar-refractivity contribution is -0.126. The molecule has 3 rings (SSSR count). The van der Waals surface area contributed by atoms with Crippen molar-refractivity contribution in [3.05, 3.63) is 41.3 Å². The first-order valence-electron chi connectivity index (χ1n) is 9.00. The number of carbonyl (C=O) groups is 1. The second-order valence-corrected chi connectivity index (χ2v) is 7.11. The number of hydrogen-bond acceptors (Lipinski definition) is 4. The Morgan fingerprint density at radius 3 is 2.72 bits per heavy atom. The molecule has 0 saturated carbocycles. The van der Waals surface area contributed by atoms with Crippen LogP contribution in [0.1, 0.15) is 36.7 Å². The van der Waals surface area contributed by atoms with Crippen molar-refractivity contribution in [1.29, 1.82) is 0 Å². The molecule has 1 amide bonds. The van der Waals surface area contributed by atoms with Crippen molar-refractivity contribution in [2.24, 2.45) is 5.92 Å². The summed E-state index contributed by atoms with van der Waals surface area (Å²) in [5.74, 6) is 1.26. The normalized spacial score (nSPS) is 16.7. The van der Waals surface area contributed by atoms with Crippen molar-refractivity contribution in [1.82, 2.24) is 20.5 Å². The van der Waals surface area contributed by atoms with Crippen LogP contribution in [0.3, 0.4) is 0 Å². The summed E-state index contributed by atoms with van der Waals surface area (Å²) in [6.07, 6.45) is 4.39. The first kappa shape index (κ1) is 17.5. The monoisotopic (exact) mass is 341 g/mol. The molecule has 1 unspecified atom stereocenters. The highest BCUT2D eigenvalue weighted by molar-refractivity contribution is 5.79. The number of aromatic nitrogens is 3. The predicted molar refractivity (Wildman–Crippen MR) is 98.5 cm³/mol. The quantitative estimate of drug-likeness (QED) is 0.876. The van der Waals surface area contributed by atoms with Crippen LogP contribution >= 0.6 is 0 Å². The highest BCUT2D eigenvalue weighted by atomic mass is 16.1. The molecule has 1 saturated heterocycles. The summed E-state index contributed by atoms with van der Waals surface area (Å²) in [6.45, 7) is 7.81. The molecule has 3 heterocycles. The number of nitrogens with zero attached hydrogens (tertiary/aromatic N) is 3. The van der Waals surface area contributed by atoms with Crippen molar-refractivity contribution in [3.8, 4) is 0 Å². The zero-order valence-corrected chi connectivity index (χ0v) is 15.2. The average molecular weight is 341 g/mol. The van der Waals surface area contributed by atoms with E-state index >= 15 is 0 Å². The molecule has 0 aromatic carbocycles. The predicted octanol–water partition coefficient (Wildman–Crippen LogP) is 2.39. The first-order valence-corrected chi connectivity index (χ1v) is 9.00. The zero-order valence-electron chi connectivity index (χ0n) is 15.2. The Kier molecular flexibility index (Phi) is 5.36. The van der Waals surface area contributed by atoms with Gasteiger partial charge < -0.3 is 10.2 Å². The van der Waals surface area contributed by atoms with Crippen LogP contribution in [0.15, 0.2) is 24.4 Å². The van der Waals surface area contributed by atoms with Crippen LogP contribution in [0.2, 0.25) is 0 Å². The van der Waals surface area contributed by atoms with Crippen molar-refractivity contribution in [3.63, 3.8) is 0 Å². The van der Waals surface area contributed by atoms with Crippen LogP contribution in [0.4, 0.5) is 5.82 Å². The number of H-pyrrole nitrogens is 1. The molecule has 6 nitrogen and oxygen atoms in total. The number of amides is 1. The second-order valence-electron chi connectivity index (χ2n) is 7.11. The fraction of sp³-hybridized carbons (Fsp3) is 0.526. The Balaban J connectivity index is 1.47. The van der Waals surface area contributed by atoms with E-state index in [1.165, 1.54) is 5.56 Å². The number of carbonyl (C=O) groups excluding carboxylic acids is 1. The molecule has 1 fully saturated rings. The Bertz CT molecular complexity index is 701. The largest absolute Gasteiger partial charge is 0.357 e. The lowest BCUT2D eigenvalue weighted by Crippen LogP contribution is -2.43. The van der Waals surface area contributed by atoms with Gasteiger partial charge in [0.2, 0.25) is 5.91 Å². The first-order chi connectivity index (χ1) is 12.0. The number of piperidine rings is 1. The second kappa shape index (κ2) is 7.68. The van der Waals surface area contributed by atoms with Crippen LogP contribution in [-0.4, -0.2) is 40.2 Å². The molecule has 2 aromatic heterocycles. The Labute approximate surface area is 149 Å². The van der Waals surface area contributed by atoms with Gasteiger partial charge in [-0.15, -0.1) is 0 Å². The molecule has 134 valence electrons. The lowest BCUT2D eigenvalue weighted by atomic mass is 9.95. The third-order valence-corrected chi connectivity index (χ3v) is 4.75. The minimum Gasteiger partial charge on any atom is -0.357 e. The topological polar surface area (TPSA) is 73.9 Å². The Hall–Kier alpha value is -2.37. The third kappa shape index (κ3) is 4.59. The molecule has 1 aliphatic rings. The SMILES string of the molecule is Cc1ccc(N2CCC(C(=O)NC(C)Cc3cc(C)[nH]n3)CC2)nc1. The van der Waals surface area contributed by atoms with E-state index < -0.39 is 0 Å². The van der Waals surface area contributed by atoms with Gasteiger partial charge in [0.05, 0.1) is 5.69 Å². The maximum absolute atomic E-state index is 12.5. The van der Waals surface area contributed by atoms with Gasteiger partial charge in [0, 0.05) is 43.4 Å². The van der Waals surface area contributed by atoms with Gasteiger partial charge in [0.1, 0.15) is 5.82 Å². The average Bonchev–Trinajstić information content (AvgIpc) is 3.00. The number of rotatable bonds is 5. The van der Waals surface area contributed by atoms with E-state index in [9.17, 15) is 4.79 Å². The van der Waals surface area contributed by atoms with E-state index in [1.54, 1.807) is 0 Å². The highest BCUT2D eigenvalue weighted by Crippen LogP contribution is 2.22. The minimum absolute atomic E-state index is 0.0880. The smallest absolute Gasteiger partial charge is 0.223 e. The van der Waals surface area contributed by atoms with Crippen molar-refractivity contribution < 1.29 is 4.79 Å². The summed E-state index contributed by atoms with van der Waals surface area (Å²) in [4.78, 5) is 19.3. The molecule has 6 heteroatoms. The molecule has 0 spiro atoms. The van der Waals surface area contributed by atoms with E-state index in [0.29, 0.717) is 0 Å². The maximum Gasteiger partial charge on any atom is 0.223 e. The highest BCUT2D eigenvalue weighted by Gasteiger charge is 2.26. The van der Waals surface area contributed by atoms with Gasteiger partial charge >= 0.3 is 0 Å². The number of pyridine rings is 1. The lowest BCUT2D eigenvalue weighted by Gasteiger charge is -2.32. The summed E-state index contributed by atoms with van der Waals surface area (Å²) in [6, 6.07) is 6.26. The van der Waals surface area contributed by atoms with Crippen molar-refractivity contribution in [2.45, 2.75) is 46.1 Å². The van der Waals surface area contributed by atoms with Gasteiger partial charge in [0.15, 0.2) is 0 Å². The van der Waals surface area contributed by atoms with Crippen LogP contribution in [-0.2, 0) is 11.2 Å². The minimum atomic E-state index is 0.0880. The standard InChI is InChI=1S/C19H27N5O/c1-13-4-5-18(20-12-13)24-8-6-16(7-9-24)19(25)21-14(2)10-17-11-15(3)22-23-17/h4-5,11-12,14,16H,6-10H2,1-3H3,(H,21,25)(H,22,23). The molecule has 1 atom stereocenters. The zero-order chi connectivity index (χ0) is 17.8. The maximum atomic E-state index is 12.5. The summed E-state index contributed by atoms with van der Waals surface area (Å²) >= 11 is 0. The van der Waals surface area contributed by atoms with E-state index in [4.69, 9.17) is 0 Å². The van der Waals surface area contributed by atoms with Gasteiger partial charge in [-0.05, 0) is 51.3 Å². The summed E-state index contributed by atoms with van der Waals surface area (Å²) in [7, 11) is 0. The van der Waals surface area contributed by atoms with Gasteiger partial charge in [0.25, 0.3) is 0 Å². The van der Waals surface area contributed by atoms with Crippen molar-refractivity contribution in [2.75, 3.05) is 18.0 Å². The van der Waals surface area contributed by atoms with Gasteiger partial charge in [-0.25, -0.2) is 4.98 Å². The van der Waals surface area contributed by atoms with Crippen LogP contribution in [0, 0.1) is 19.8 Å². The van der Waals surface area contributed by atoms with Crippen LogP contribution in [0.5, 0.6) is 0 Å². The summed E-state index contributed by atoms with van der Waals surface area (Å²) < 4.78 is 0. The fourth-order valence-corrected chi connectivity index (χ4v) is 3.32. The van der Waals surface area contributed by atoms with Crippen LogP contribution < -0.4 is 10.2 Å². The molecule has 2 aromatic rings. The molecule has 0 aliphatic carbocycles. The molecule has 2 N–H and O–H groups in total. The van der Waals surface area contributed by atoms with E-state index in [0.717, 1.165) is 49.6 Å². The molecule has 0 bridgehead atoms. The van der Waals surface area contributed by atoms with E-state index in [1.807, 2.05) is 33.0 Å². The molecule has 1 aliphatic heterocycles. The van der Waals surface area contributed by atoms with E-state index in [-0.39, 0.29) is 17.9 Å². The Morgan fingerprint density at radius 2 is 2.12 bits per heavy atom. The molecular weight excluding hydrogens is 314 g/mol. The number of nitrogens with one attached hydrogen (secondary N) is 2. The van der Waals surface area contributed by atoms with Gasteiger partial charge in [-0.1, -0.05) is 6.07 Å². The molecule has 25 heavy (non-hydrogen) atoms. The molecule has 0 radical (unpaired) electrons. The fourth-order valence-electron chi connectivity index (χ4n) is 3.32. The summed E-state index contributed by atoms with van der Waals surface area (Å²) in [5.41, 5.74) is 3.20. The van der Waals surface area contributed by atoms with Crippen molar-refractivity contribution >= 4 is 11.7 Å². The number of aromatic amines is 1. The van der Waals surface area contributed by atoms with E-state index in [2.05, 4.69) is 37.5 Å². The number of hydrogen-bond donors (Lipinski definition) is 2. The third-order valence-electron chi connectivity index (χ3n) is 4.75.